The van der Waals surface area contributed by atoms with Crippen LogP contribution in [0.25, 0.3) is 5.76 Å². The van der Waals surface area contributed by atoms with Gasteiger partial charge in [-0.3, -0.25) is 4.31 Å². The molecule has 1 atom stereocenters. The number of hydrogen-bond donors (Lipinski definition) is 1. The van der Waals surface area contributed by atoms with Crippen LogP contribution in [-0.4, -0.2) is 8.42 Å². The Morgan fingerprint density at radius 2 is 1.74 bits per heavy atom. The normalized spacial score (nSPS) is 18.6. The van der Waals surface area contributed by atoms with Crippen LogP contribution in [0.5, 0.6) is 0 Å². The number of rotatable bonds is 3. The van der Waals surface area contributed by atoms with Gasteiger partial charge in [-0.2, -0.15) is 5.26 Å². The SMILES string of the molecule is N#CC1=C(N)OC2=C([C@@H]1c1ccc(Cl)cc1)S(=O)(=O)N(Cc1ccc(F)cc1)c1ccccc12. The Bertz CT molecular complexity index is 1510. The molecule has 2 heterocycles. The molecule has 2 aliphatic heterocycles. The summed E-state index contributed by atoms with van der Waals surface area (Å²) in [5, 5.41) is 10.3. The Labute approximate surface area is 201 Å². The zero-order chi connectivity index (χ0) is 24.0. The van der Waals surface area contributed by atoms with Gasteiger partial charge in [0.05, 0.1) is 18.2 Å². The standard InChI is InChI=1S/C25H17ClFN3O3S/c26-17-9-7-16(8-10-17)22-20(13-28)25(29)33-23-19-3-1-2-4-21(19)30(34(31,32)24(22)23)14-15-5-11-18(27)12-6-15/h1-12,22H,14,29H2/t22-/m1/s1. The number of halogens is 2. The number of anilines is 1. The topological polar surface area (TPSA) is 96.4 Å². The number of nitrogens with two attached hydrogens (primary N) is 1. The summed E-state index contributed by atoms with van der Waals surface area (Å²) in [6.07, 6.45) is 0. The van der Waals surface area contributed by atoms with Crippen molar-refractivity contribution in [2.24, 2.45) is 5.73 Å². The summed E-state index contributed by atoms with van der Waals surface area (Å²) in [5.41, 5.74) is 8.14. The van der Waals surface area contributed by atoms with Crippen molar-refractivity contribution in [2.45, 2.75) is 12.5 Å². The van der Waals surface area contributed by atoms with E-state index >= 15 is 0 Å². The first-order valence-corrected chi connectivity index (χ1v) is 12.1. The van der Waals surface area contributed by atoms with Crippen molar-refractivity contribution in [2.75, 3.05) is 4.31 Å². The van der Waals surface area contributed by atoms with Crippen LogP contribution in [0.3, 0.4) is 0 Å². The summed E-state index contributed by atoms with van der Waals surface area (Å²) in [6.45, 7) is -0.0369. The van der Waals surface area contributed by atoms with Crippen molar-refractivity contribution in [3.05, 3.63) is 117 Å². The second-order valence-electron chi connectivity index (χ2n) is 7.83. The van der Waals surface area contributed by atoms with E-state index in [9.17, 15) is 18.1 Å². The average molecular weight is 494 g/mol. The van der Waals surface area contributed by atoms with Crippen LogP contribution in [0, 0.1) is 17.1 Å². The maximum atomic E-state index is 14.1. The van der Waals surface area contributed by atoms with E-state index in [2.05, 4.69) is 0 Å². The Morgan fingerprint density at radius 3 is 2.41 bits per heavy atom. The van der Waals surface area contributed by atoms with Crippen LogP contribution in [0.15, 0.2) is 89.2 Å². The molecule has 0 aliphatic carbocycles. The zero-order valence-corrected chi connectivity index (χ0v) is 19.1. The van der Waals surface area contributed by atoms with Gasteiger partial charge in [-0.1, -0.05) is 48.0 Å². The molecule has 3 aromatic rings. The van der Waals surface area contributed by atoms with Crippen molar-refractivity contribution < 1.29 is 17.5 Å². The van der Waals surface area contributed by atoms with E-state index in [-0.39, 0.29) is 28.7 Å². The maximum Gasteiger partial charge on any atom is 0.265 e. The lowest BCUT2D eigenvalue weighted by Crippen LogP contribution is -2.39. The number of allylic oxidation sites excluding steroid dienone is 2. The predicted octanol–water partition coefficient (Wildman–Crippen LogP) is 5.01. The fraction of sp³-hybridized carbons (Fsp3) is 0.0800. The molecule has 0 saturated carbocycles. The lowest BCUT2D eigenvalue weighted by Gasteiger charge is -2.38. The van der Waals surface area contributed by atoms with Crippen LogP contribution < -0.4 is 10.0 Å². The number of para-hydroxylation sites is 1. The molecule has 6 nitrogen and oxygen atoms in total. The zero-order valence-electron chi connectivity index (χ0n) is 17.6. The molecule has 0 saturated heterocycles. The minimum Gasteiger partial charge on any atom is -0.439 e. The number of sulfonamides is 1. The van der Waals surface area contributed by atoms with Crippen LogP contribution in [-0.2, 0) is 21.3 Å². The molecule has 0 aromatic heterocycles. The second kappa shape index (κ2) is 8.20. The van der Waals surface area contributed by atoms with Crippen LogP contribution in [0.2, 0.25) is 5.02 Å². The fourth-order valence-electron chi connectivity index (χ4n) is 4.22. The summed E-state index contributed by atoms with van der Waals surface area (Å²) in [5.74, 6) is -1.47. The van der Waals surface area contributed by atoms with E-state index in [1.807, 2.05) is 6.07 Å². The van der Waals surface area contributed by atoms with Gasteiger partial charge in [-0.15, -0.1) is 0 Å². The molecule has 5 rings (SSSR count). The number of nitriles is 1. The molecule has 9 heteroatoms. The van der Waals surface area contributed by atoms with Crippen molar-refractivity contribution in [3.8, 4) is 6.07 Å². The molecular formula is C25H17ClFN3O3S. The Hall–Kier alpha value is -3.80. The van der Waals surface area contributed by atoms with Crippen LogP contribution >= 0.6 is 11.6 Å². The molecular weight excluding hydrogens is 477 g/mol. The van der Waals surface area contributed by atoms with Gasteiger partial charge in [0, 0.05) is 10.6 Å². The van der Waals surface area contributed by atoms with E-state index in [1.165, 1.54) is 28.6 Å². The molecule has 3 aromatic carbocycles. The minimum absolute atomic E-state index is 0.00855. The van der Waals surface area contributed by atoms with E-state index < -0.39 is 21.8 Å². The second-order valence-corrected chi connectivity index (χ2v) is 10.1. The third kappa shape index (κ3) is 3.50. The van der Waals surface area contributed by atoms with Gasteiger partial charge in [-0.05, 0) is 47.5 Å². The van der Waals surface area contributed by atoms with Crippen molar-refractivity contribution in [3.63, 3.8) is 0 Å². The first-order valence-electron chi connectivity index (χ1n) is 10.2. The summed E-state index contributed by atoms with van der Waals surface area (Å²) in [4.78, 5) is -0.0821. The molecule has 2 N–H and O–H groups in total. The molecule has 0 amide bonds. The lowest BCUT2D eigenvalue weighted by molar-refractivity contribution is 0.357. The lowest BCUT2D eigenvalue weighted by atomic mass is 9.88. The monoisotopic (exact) mass is 493 g/mol. The third-order valence-electron chi connectivity index (χ3n) is 5.80. The van der Waals surface area contributed by atoms with Crippen molar-refractivity contribution in [1.82, 2.24) is 0 Å². The molecule has 0 fully saturated rings. The fourth-order valence-corrected chi connectivity index (χ4v) is 6.26. The number of nitrogens with zero attached hydrogens (tertiary/aromatic N) is 2. The van der Waals surface area contributed by atoms with Gasteiger partial charge in [0.25, 0.3) is 10.0 Å². The first-order chi connectivity index (χ1) is 16.3. The third-order valence-corrected chi connectivity index (χ3v) is 7.94. The van der Waals surface area contributed by atoms with Crippen LogP contribution in [0.1, 0.15) is 22.6 Å². The predicted molar refractivity (Wildman–Crippen MR) is 127 cm³/mol. The molecule has 0 bridgehead atoms. The summed E-state index contributed by atoms with van der Waals surface area (Å²) in [7, 11) is -4.20. The van der Waals surface area contributed by atoms with Gasteiger partial charge in [0.15, 0.2) is 5.76 Å². The molecule has 0 radical (unpaired) electrons. The van der Waals surface area contributed by atoms with Gasteiger partial charge >= 0.3 is 0 Å². The molecule has 0 unspecified atom stereocenters. The highest BCUT2D eigenvalue weighted by Crippen LogP contribution is 2.51. The largest absolute Gasteiger partial charge is 0.439 e. The van der Waals surface area contributed by atoms with Gasteiger partial charge in [-0.25, -0.2) is 12.8 Å². The number of benzene rings is 3. The first kappa shape index (κ1) is 22.0. The minimum atomic E-state index is -4.20. The van der Waals surface area contributed by atoms with Crippen LogP contribution in [0.4, 0.5) is 10.1 Å². The highest BCUT2D eigenvalue weighted by atomic mass is 35.5. The van der Waals surface area contributed by atoms with E-state index in [1.54, 1.807) is 48.5 Å². The Morgan fingerprint density at radius 1 is 1.06 bits per heavy atom. The molecule has 170 valence electrons. The Balaban J connectivity index is 1.75. The van der Waals surface area contributed by atoms with Crippen molar-refractivity contribution in [1.29, 1.82) is 5.26 Å². The molecule has 34 heavy (non-hydrogen) atoms. The number of ether oxygens (including phenoxy) is 1. The Kier molecular flexibility index (Phi) is 5.31. The quantitative estimate of drug-likeness (QED) is 0.553. The van der Waals surface area contributed by atoms with Gasteiger partial charge in [0.1, 0.15) is 22.4 Å². The van der Waals surface area contributed by atoms with E-state index in [0.29, 0.717) is 27.4 Å². The smallest absolute Gasteiger partial charge is 0.265 e. The molecule has 2 aliphatic rings. The number of hydrogen-bond acceptors (Lipinski definition) is 5. The molecule has 0 spiro atoms. The average Bonchev–Trinajstić information content (AvgIpc) is 2.82. The highest BCUT2D eigenvalue weighted by Gasteiger charge is 2.47. The summed E-state index contributed by atoms with van der Waals surface area (Å²) >= 11 is 6.04. The highest BCUT2D eigenvalue weighted by molar-refractivity contribution is 7.96. The van der Waals surface area contributed by atoms with Gasteiger partial charge < -0.3 is 10.5 Å². The van der Waals surface area contributed by atoms with E-state index in [4.69, 9.17) is 22.1 Å². The summed E-state index contributed by atoms with van der Waals surface area (Å²) < 4.78 is 48.7. The summed E-state index contributed by atoms with van der Waals surface area (Å²) in [6, 6.07) is 21.1. The maximum absolute atomic E-state index is 14.1. The van der Waals surface area contributed by atoms with Crippen molar-refractivity contribution >= 4 is 33.1 Å². The van der Waals surface area contributed by atoms with E-state index in [0.717, 1.165) is 0 Å². The number of fused-ring (bicyclic) bond motifs is 2. The van der Waals surface area contributed by atoms with Gasteiger partial charge in [0.2, 0.25) is 5.88 Å².